The average Bonchev–Trinajstić information content (AvgIpc) is 2.90. The molecule has 0 spiro atoms. The van der Waals surface area contributed by atoms with E-state index in [0.29, 0.717) is 6.04 Å². The summed E-state index contributed by atoms with van der Waals surface area (Å²) in [6.07, 6.45) is 3.78. The predicted molar refractivity (Wildman–Crippen MR) is 75.8 cm³/mol. The first-order valence-corrected chi connectivity index (χ1v) is 7.79. The number of ether oxygens (including phenoxy) is 1. The van der Waals surface area contributed by atoms with E-state index in [0.717, 1.165) is 31.1 Å². The zero-order valence-corrected chi connectivity index (χ0v) is 12.3. The Bertz CT molecular complexity index is 241. The fourth-order valence-corrected chi connectivity index (χ4v) is 3.28. The molecule has 2 saturated heterocycles. The summed E-state index contributed by atoms with van der Waals surface area (Å²) >= 11 is 0. The van der Waals surface area contributed by atoms with Crippen molar-refractivity contribution in [1.82, 2.24) is 10.2 Å². The largest absolute Gasteiger partial charge is 0.381 e. The highest BCUT2D eigenvalue weighted by atomic mass is 16.5. The van der Waals surface area contributed by atoms with E-state index < -0.39 is 0 Å². The molecule has 4 unspecified atom stereocenters. The molecule has 0 aromatic carbocycles. The lowest BCUT2D eigenvalue weighted by atomic mass is 9.92. The van der Waals surface area contributed by atoms with Gasteiger partial charge in [0, 0.05) is 38.3 Å². The predicted octanol–water partition coefficient (Wildman–Crippen LogP) is 2.12. The minimum atomic E-state index is 0.688. The number of rotatable bonds is 5. The Hall–Kier alpha value is -0.120. The van der Waals surface area contributed by atoms with Crippen LogP contribution in [0.3, 0.4) is 0 Å². The van der Waals surface area contributed by atoms with Crippen LogP contribution in [0.25, 0.3) is 0 Å². The highest BCUT2D eigenvalue weighted by Gasteiger charge is 2.32. The molecule has 106 valence electrons. The zero-order valence-electron chi connectivity index (χ0n) is 12.3. The second kappa shape index (κ2) is 6.88. The molecule has 4 atom stereocenters. The summed E-state index contributed by atoms with van der Waals surface area (Å²) in [5.74, 6) is 1.56. The van der Waals surface area contributed by atoms with Crippen LogP contribution in [0.15, 0.2) is 0 Å². The topological polar surface area (TPSA) is 24.5 Å². The molecule has 2 rings (SSSR count). The van der Waals surface area contributed by atoms with Crippen LogP contribution in [0.2, 0.25) is 0 Å². The van der Waals surface area contributed by atoms with Crippen LogP contribution in [0.4, 0.5) is 0 Å². The first kappa shape index (κ1) is 14.3. The van der Waals surface area contributed by atoms with Gasteiger partial charge in [-0.05, 0) is 24.7 Å². The quantitative estimate of drug-likeness (QED) is 0.813. The van der Waals surface area contributed by atoms with Gasteiger partial charge in [0.2, 0.25) is 0 Å². The van der Waals surface area contributed by atoms with Crippen LogP contribution in [-0.2, 0) is 4.74 Å². The summed E-state index contributed by atoms with van der Waals surface area (Å²) in [5.41, 5.74) is 0. The number of piperazine rings is 1. The number of nitrogens with zero attached hydrogens (tertiary/aromatic N) is 1. The van der Waals surface area contributed by atoms with Crippen molar-refractivity contribution in [2.24, 2.45) is 11.8 Å². The van der Waals surface area contributed by atoms with E-state index in [9.17, 15) is 0 Å². The van der Waals surface area contributed by atoms with Gasteiger partial charge in [0.25, 0.3) is 0 Å². The van der Waals surface area contributed by atoms with E-state index in [2.05, 4.69) is 31.0 Å². The SMILES string of the molecule is CCC1CN(CC2CCOC2)C(C(C)CC)CN1. The molecule has 0 saturated carbocycles. The van der Waals surface area contributed by atoms with E-state index in [1.54, 1.807) is 0 Å². The Morgan fingerprint density at radius 2 is 2.22 bits per heavy atom. The fourth-order valence-electron chi connectivity index (χ4n) is 3.28. The maximum atomic E-state index is 5.53. The van der Waals surface area contributed by atoms with E-state index in [1.165, 1.54) is 38.9 Å². The molecule has 2 aliphatic heterocycles. The van der Waals surface area contributed by atoms with E-state index in [-0.39, 0.29) is 0 Å². The molecule has 2 aliphatic rings. The summed E-state index contributed by atoms with van der Waals surface area (Å²) in [5, 5.41) is 3.72. The third kappa shape index (κ3) is 3.46. The average molecular weight is 254 g/mol. The van der Waals surface area contributed by atoms with Crippen molar-refractivity contribution in [3.8, 4) is 0 Å². The monoisotopic (exact) mass is 254 g/mol. The normalized spacial score (nSPS) is 35.8. The minimum Gasteiger partial charge on any atom is -0.381 e. The molecule has 3 nitrogen and oxygen atoms in total. The van der Waals surface area contributed by atoms with Gasteiger partial charge >= 0.3 is 0 Å². The van der Waals surface area contributed by atoms with Crippen LogP contribution in [0.5, 0.6) is 0 Å². The molecule has 0 radical (unpaired) electrons. The molecule has 3 heteroatoms. The maximum absolute atomic E-state index is 5.53. The van der Waals surface area contributed by atoms with Crippen LogP contribution in [-0.4, -0.2) is 49.8 Å². The van der Waals surface area contributed by atoms with Gasteiger partial charge in [-0.2, -0.15) is 0 Å². The molecular formula is C15H30N2O. The molecule has 0 aliphatic carbocycles. The molecule has 18 heavy (non-hydrogen) atoms. The highest BCUT2D eigenvalue weighted by Crippen LogP contribution is 2.22. The molecule has 0 aromatic heterocycles. The van der Waals surface area contributed by atoms with E-state index in [1.807, 2.05) is 0 Å². The van der Waals surface area contributed by atoms with Crippen LogP contribution in [0, 0.1) is 11.8 Å². The first-order valence-electron chi connectivity index (χ1n) is 7.79. The van der Waals surface area contributed by atoms with Crippen molar-refractivity contribution in [3.05, 3.63) is 0 Å². The molecule has 2 fully saturated rings. The second-order valence-electron chi connectivity index (χ2n) is 6.15. The second-order valence-corrected chi connectivity index (χ2v) is 6.15. The van der Waals surface area contributed by atoms with Gasteiger partial charge in [0.05, 0.1) is 6.61 Å². The standard InChI is InChI=1S/C15H30N2O/c1-4-12(3)15-8-16-14(5-2)10-17(15)9-13-6-7-18-11-13/h12-16H,4-11H2,1-3H3. The lowest BCUT2D eigenvalue weighted by molar-refractivity contribution is 0.0704. The van der Waals surface area contributed by atoms with E-state index >= 15 is 0 Å². The van der Waals surface area contributed by atoms with Gasteiger partial charge in [-0.1, -0.05) is 27.2 Å². The summed E-state index contributed by atoms with van der Waals surface area (Å²) in [6, 6.07) is 1.41. The van der Waals surface area contributed by atoms with E-state index in [4.69, 9.17) is 4.74 Å². The van der Waals surface area contributed by atoms with Crippen molar-refractivity contribution < 1.29 is 4.74 Å². The van der Waals surface area contributed by atoms with Crippen LogP contribution in [0.1, 0.15) is 40.0 Å². The van der Waals surface area contributed by atoms with Gasteiger partial charge in [-0.25, -0.2) is 0 Å². The Balaban J connectivity index is 1.94. The van der Waals surface area contributed by atoms with Gasteiger partial charge in [-0.3, -0.25) is 4.90 Å². The third-order valence-corrected chi connectivity index (χ3v) is 4.85. The Labute approximate surface area is 112 Å². The third-order valence-electron chi connectivity index (χ3n) is 4.85. The molecule has 0 amide bonds. The van der Waals surface area contributed by atoms with Gasteiger partial charge in [0.15, 0.2) is 0 Å². The number of nitrogens with one attached hydrogen (secondary N) is 1. The first-order chi connectivity index (χ1) is 8.74. The summed E-state index contributed by atoms with van der Waals surface area (Å²) in [4.78, 5) is 2.75. The molecule has 1 N–H and O–H groups in total. The Kier molecular flexibility index (Phi) is 5.46. The van der Waals surface area contributed by atoms with Crippen molar-refractivity contribution in [1.29, 1.82) is 0 Å². The molecule has 2 heterocycles. The van der Waals surface area contributed by atoms with Crippen LogP contribution >= 0.6 is 0 Å². The summed E-state index contributed by atoms with van der Waals surface area (Å²) in [7, 11) is 0. The molecule has 0 bridgehead atoms. The van der Waals surface area contributed by atoms with Crippen molar-refractivity contribution >= 4 is 0 Å². The molecule has 0 aromatic rings. The molecular weight excluding hydrogens is 224 g/mol. The lowest BCUT2D eigenvalue weighted by Gasteiger charge is -2.44. The summed E-state index contributed by atoms with van der Waals surface area (Å²) in [6.45, 7) is 12.6. The Morgan fingerprint density at radius 3 is 2.83 bits per heavy atom. The smallest absolute Gasteiger partial charge is 0.0507 e. The van der Waals surface area contributed by atoms with Crippen molar-refractivity contribution in [3.63, 3.8) is 0 Å². The van der Waals surface area contributed by atoms with Crippen molar-refractivity contribution in [2.45, 2.75) is 52.1 Å². The van der Waals surface area contributed by atoms with Gasteiger partial charge in [0.1, 0.15) is 0 Å². The lowest BCUT2D eigenvalue weighted by Crippen LogP contribution is -2.59. The fraction of sp³-hybridized carbons (Fsp3) is 1.00. The van der Waals surface area contributed by atoms with Gasteiger partial charge in [-0.15, -0.1) is 0 Å². The van der Waals surface area contributed by atoms with Crippen molar-refractivity contribution in [2.75, 3.05) is 32.8 Å². The number of hydrogen-bond acceptors (Lipinski definition) is 3. The Morgan fingerprint density at radius 1 is 1.39 bits per heavy atom. The van der Waals surface area contributed by atoms with Gasteiger partial charge < -0.3 is 10.1 Å². The number of hydrogen-bond donors (Lipinski definition) is 1. The maximum Gasteiger partial charge on any atom is 0.0507 e. The summed E-state index contributed by atoms with van der Waals surface area (Å²) < 4.78 is 5.53. The highest BCUT2D eigenvalue weighted by molar-refractivity contribution is 4.89. The zero-order chi connectivity index (χ0) is 13.0. The van der Waals surface area contributed by atoms with Crippen LogP contribution < -0.4 is 5.32 Å². The minimum absolute atomic E-state index is 0.688.